The molecule has 28 heavy (non-hydrogen) atoms. The first kappa shape index (κ1) is 20.3. The molecular weight excluding hydrogens is 360 g/mol. The molecule has 10 atom stereocenters. The Morgan fingerprint density at radius 2 is 1.93 bits per heavy atom. The van der Waals surface area contributed by atoms with Crippen molar-refractivity contribution in [3.8, 4) is 0 Å². The van der Waals surface area contributed by atoms with Crippen LogP contribution in [0.3, 0.4) is 0 Å². The van der Waals surface area contributed by atoms with Crippen molar-refractivity contribution in [2.24, 2.45) is 29.6 Å². The Balaban J connectivity index is 1.83. The summed E-state index contributed by atoms with van der Waals surface area (Å²) in [5.74, 6) is 0.641. The maximum absolute atomic E-state index is 13.2. The molecule has 3 aliphatic heterocycles. The van der Waals surface area contributed by atoms with Crippen LogP contribution < -0.4 is 0 Å². The number of Topliss-reactive ketones (excluding diaryl/α,β-unsaturated/α-hetero) is 1. The molecule has 1 aliphatic carbocycles. The predicted octanol–water partition coefficient (Wildman–Crippen LogP) is 2.50. The molecule has 6 nitrogen and oxygen atoms in total. The van der Waals surface area contributed by atoms with Crippen molar-refractivity contribution in [2.45, 2.75) is 89.8 Å². The fourth-order valence-electron chi connectivity index (χ4n) is 6.46. The monoisotopic (exact) mass is 394 g/mol. The van der Waals surface area contributed by atoms with E-state index in [1.54, 1.807) is 6.92 Å². The maximum Gasteiger partial charge on any atom is 0.302 e. The molecule has 6 heteroatoms. The van der Waals surface area contributed by atoms with Gasteiger partial charge >= 0.3 is 5.97 Å². The van der Waals surface area contributed by atoms with Crippen molar-refractivity contribution >= 4 is 11.8 Å². The van der Waals surface area contributed by atoms with Gasteiger partial charge in [0.05, 0.1) is 24.4 Å². The number of carbonyl (C=O) groups is 2. The first-order valence-electron chi connectivity index (χ1n) is 10.8. The molecule has 0 amide bonds. The molecule has 0 aromatic rings. The van der Waals surface area contributed by atoms with E-state index in [9.17, 15) is 14.7 Å². The Kier molecular flexibility index (Phi) is 4.91. The minimum Gasteiger partial charge on any atom is -0.462 e. The van der Waals surface area contributed by atoms with Crippen LogP contribution in [-0.2, 0) is 23.8 Å². The van der Waals surface area contributed by atoms with Gasteiger partial charge < -0.3 is 19.3 Å². The van der Waals surface area contributed by atoms with E-state index in [-0.39, 0.29) is 54.2 Å². The molecule has 3 saturated heterocycles. The van der Waals surface area contributed by atoms with Crippen molar-refractivity contribution in [1.29, 1.82) is 0 Å². The SMILES string of the molecule is CC(=O)O[C@H]1[C@@H]2[C@@H]3C(C[C@H]1C)[C@@H](C)CO[C@@]1(C)C(=O)CC[C@@](C)(O)C[C@@H]2O[C@@H]31. The van der Waals surface area contributed by atoms with Crippen molar-refractivity contribution in [3.05, 3.63) is 0 Å². The number of hydrogen-bond acceptors (Lipinski definition) is 6. The molecule has 1 unspecified atom stereocenters. The summed E-state index contributed by atoms with van der Waals surface area (Å²) in [5.41, 5.74) is -2.01. The Hall–Kier alpha value is -0.980. The summed E-state index contributed by atoms with van der Waals surface area (Å²) in [5, 5.41) is 11.0. The summed E-state index contributed by atoms with van der Waals surface area (Å²) in [6, 6.07) is 0. The van der Waals surface area contributed by atoms with E-state index in [4.69, 9.17) is 14.2 Å². The van der Waals surface area contributed by atoms with Crippen LogP contribution in [0.25, 0.3) is 0 Å². The third kappa shape index (κ3) is 3.12. The average Bonchev–Trinajstić information content (AvgIpc) is 2.94. The van der Waals surface area contributed by atoms with E-state index in [1.165, 1.54) is 6.92 Å². The highest BCUT2D eigenvalue weighted by molar-refractivity contribution is 5.88. The van der Waals surface area contributed by atoms with Gasteiger partial charge in [-0.05, 0) is 44.4 Å². The summed E-state index contributed by atoms with van der Waals surface area (Å²) >= 11 is 0. The first-order valence-corrected chi connectivity index (χ1v) is 10.8. The van der Waals surface area contributed by atoms with E-state index in [0.29, 0.717) is 31.3 Å². The van der Waals surface area contributed by atoms with Crippen LogP contribution in [0.15, 0.2) is 0 Å². The number of esters is 1. The fourth-order valence-corrected chi connectivity index (χ4v) is 6.46. The van der Waals surface area contributed by atoms with Gasteiger partial charge in [-0.15, -0.1) is 0 Å². The van der Waals surface area contributed by atoms with E-state index in [1.807, 2.05) is 6.92 Å². The number of hydrogen-bond donors (Lipinski definition) is 1. The number of ether oxygens (including phenoxy) is 3. The summed E-state index contributed by atoms with van der Waals surface area (Å²) in [4.78, 5) is 25.1. The average molecular weight is 395 g/mol. The molecule has 4 aliphatic rings. The largest absolute Gasteiger partial charge is 0.462 e. The van der Waals surface area contributed by atoms with E-state index in [0.717, 1.165) is 6.42 Å². The van der Waals surface area contributed by atoms with Crippen LogP contribution in [0.4, 0.5) is 0 Å². The molecule has 4 fully saturated rings. The molecule has 1 saturated carbocycles. The quantitative estimate of drug-likeness (QED) is 0.688. The Labute approximate surface area is 167 Å². The number of aliphatic hydroxyl groups is 1. The number of fused-ring (bicyclic) bond motifs is 2. The van der Waals surface area contributed by atoms with Crippen molar-refractivity contribution < 1.29 is 28.9 Å². The Morgan fingerprint density at radius 3 is 2.61 bits per heavy atom. The van der Waals surface area contributed by atoms with E-state index in [2.05, 4.69) is 13.8 Å². The zero-order valence-electron chi connectivity index (χ0n) is 17.6. The van der Waals surface area contributed by atoms with E-state index < -0.39 is 11.2 Å². The summed E-state index contributed by atoms with van der Waals surface area (Å²) < 4.78 is 18.7. The molecule has 0 radical (unpaired) electrons. The molecule has 0 aromatic heterocycles. The van der Waals surface area contributed by atoms with Gasteiger partial charge in [0.15, 0.2) is 5.78 Å². The highest BCUT2D eigenvalue weighted by atomic mass is 16.6. The second-order valence-electron chi connectivity index (χ2n) is 10.2. The smallest absolute Gasteiger partial charge is 0.302 e. The highest BCUT2D eigenvalue weighted by Crippen LogP contribution is 2.57. The van der Waals surface area contributed by atoms with Crippen molar-refractivity contribution in [1.82, 2.24) is 0 Å². The van der Waals surface area contributed by atoms with Gasteiger partial charge in [0.25, 0.3) is 0 Å². The zero-order chi connectivity index (χ0) is 20.4. The molecule has 2 bridgehead atoms. The molecule has 1 N–H and O–H groups in total. The van der Waals surface area contributed by atoms with Gasteiger partial charge in [0, 0.05) is 31.6 Å². The highest BCUT2D eigenvalue weighted by Gasteiger charge is 2.65. The number of rotatable bonds is 1. The zero-order valence-corrected chi connectivity index (χ0v) is 17.6. The van der Waals surface area contributed by atoms with Crippen LogP contribution in [0.1, 0.15) is 60.3 Å². The van der Waals surface area contributed by atoms with Crippen LogP contribution in [0, 0.1) is 29.6 Å². The minimum atomic E-state index is -1.01. The lowest BCUT2D eigenvalue weighted by molar-refractivity contribution is -0.165. The van der Waals surface area contributed by atoms with Crippen LogP contribution in [0.2, 0.25) is 0 Å². The van der Waals surface area contributed by atoms with Crippen LogP contribution in [0.5, 0.6) is 0 Å². The van der Waals surface area contributed by atoms with Gasteiger partial charge in [0.2, 0.25) is 0 Å². The molecular formula is C22H34O6. The maximum atomic E-state index is 13.2. The van der Waals surface area contributed by atoms with Crippen LogP contribution >= 0.6 is 0 Å². The van der Waals surface area contributed by atoms with E-state index >= 15 is 0 Å². The second kappa shape index (κ2) is 6.78. The lowest BCUT2D eigenvalue weighted by Crippen LogP contribution is -2.55. The summed E-state index contributed by atoms with van der Waals surface area (Å²) in [7, 11) is 0. The molecule has 0 spiro atoms. The van der Waals surface area contributed by atoms with Gasteiger partial charge in [-0.3, -0.25) is 9.59 Å². The third-order valence-electron chi connectivity index (χ3n) is 7.93. The topological polar surface area (TPSA) is 82.1 Å². The summed E-state index contributed by atoms with van der Waals surface area (Å²) in [6.45, 7) is 9.96. The normalized spacial score (nSPS) is 53.6. The van der Waals surface area contributed by atoms with Gasteiger partial charge in [-0.2, -0.15) is 0 Å². The molecule has 158 valence electrons. The molecule has 4 rings (SSSR count). The predicted molar refractivity (Wildman–Crippen MR) is 101 cm³/mol. The minimum absolute atomic E-state index is 0.00887. The molecule has 0 aromatic carbocycles. The standard InChI is InChI=1S/C22H34O6/c1-11-8-14-12(2)10-26-22(5)16(24)6-7-21(4,25)9-15-18(17(14)20(22)28-15)19(11)27-13(3)23/h11-12,14-15,17-20,25H,6-10H2,1-5H3/t11-,12+,14?,15+,17+,18+,19-,20+,21-,22+/m1/s1. The lowest BCUT2D eigenvalue weighted by Gasteiger charge is -2.46. The van der Waals surface area contributed by atoms with Crippen molar-refractivity contribution in [2.75, 3.05) is 6.61 Å². The van der Waals surface area contributed by atoms with Gasteiger partial charge in [-0.1, -0.05) is 13.8 Å². The third-order valence-corrected chi connectivity index (χ3v) is 7.93. The van der Waals surface area contributed by atoms with Crippen molar-refractivity contribution in [3.63, 3.8) is 0 Å². The fraction of sp³-hybridized carbons (Fsp3) is 0.909. The lowest BCUT2D eigenvalue weighted by atomic mass is 9.59. The second-order valence-corrected chi connectivity index (χ2v) is 10.2. The Bertz CT molecular complexity index is 659. The summed E-state index contributed by atoms with van der Waals surface area (Å²) in [6.07, 6.45) is 1.19. The Morgan fingerprint density at radius 1 is 1.21 bits per heavy atom. The van der Waals surface area contributed by atoms with Crippen LogP contribution in [-0.4, -0.2) is 53.0 Å². The van der Waals surface area contributed by atoms with Gasteiger partial charge in [-0.25, -0.2) is 0 Å². The van der Waals surface area contributed by atoms with Gasteiger partial charge in [0.1, 0.15) is 11.7 Å². The number of ketones is 1. The molecule has 3 heterocycles. The number of carbonyl (C=O) groups excluding carboxylic acids is 2. The first-order chi connectivity index (χ1) is 13.0.